The van der Waals surface area contributed by atoms with E-state index in [1.165, 1.54) is 0 Å². The quantitative estimate of drug-likeness (QED) is 0.428. The number of aryl methyl sites for hydroxylation is 1. The van der Waals surface area contributed by atoms with Crippen molar-refractivity contribution in [1.29, 1.82) is 0 Å². The molecule has 0 aliphatic rings. The van der Waals surface area contributed by atoms with Crippen LogP contribution in [-0.2, 0) is 6.54 Å². The first-order chi connectivity index (χ1) is 14.6. The van der Waals surface area contributed by atoms with Gasteiger partial charge in [-0.3, -0.25) is 4.79 Å². The van der Waals surface area contributed by atoms with Crippen LogP contribution in [0, 0.1) is 6.92 Å². The highest BCUT2D eigenvalue weighted by molar-refractivity contribution is 6.30. The van der Waals surface area contributed by atoms with Crippen molar-refractivity contribution in [2.24, 2.45) is 0 Å². The molecule has 1 aromatic heterocycles. The molecular formula is C23H19ClN4O2. The average molecular weight is 419 g/mol. The number of nitrogens with one attached hydrogen (secondary N) is 2. The van der Waals surface area contributed by atoms with Gasteiger partial charge in [-0.15, -0.1) is 0 Å². The highest BCUT2D eigenvalue weighted by Crippen LogP contribution is 2.22. The summed E-state index contributed by atoms with van der Waals surface area (Å²) >= 11 is 5.90. The van der Waals surface area contributed by atoms with Crippen molar-refractivity contribution in [3.05, 3.63) is 94.8 Å². The van der Waals surface area contributed by atoms with E-state index >= 15 is 0 Å². The average Bonchev–Trinajstić information content (AvgIpc) is 3.23. The molecule has 150 valence electrons. The summed E-state index contributed by atoms with van der Waals surface area (Å²) in [5.41, 5.74) is 3.84. The van der Waals surface area contributed by atoms with Crippen molar-refractivity contribution in [2.45, 2.75) is 13.5 Å². The van der Waals surface area contributed by atoms with E-state index in [0.717, 1.165) is 11.1 Å². The Morgan fingerprint density at radius 2 is 1.73 bits per heavy atom. The van der Waals surface area contributed by atoms with E-state index in [9.17, 15) is 4.79 Å². The second-order valence-electron chi connectivity index (χ2n) is 6.69. The monoisotopic (exact) mass is 418 g/mol. The molecule has 2 N–H and O–H groups in total. The second kappa shape index (κ2) is 8.80. The summed E-state index contributed by atoms with van der Waals surface area (Å²) < 4.78 is 5.37. The number of hydrogen-bond donors (Lipinski definition) is 2. The Morgan fingerprint density at radius 1 is 1.00 bits per heavy atom. The van der Waals surface area contributed by atoms with Crippen molar-refractivity contribution in [3.63, 3.8) is 0 Å². The summed E-state index contributed by atoms with van der Waals surface area (Å²) in [7, 11) is 0. The first-order valence-electron chi connectivity index (χ1n) is 9.38. The molecule has 0 radical (unpaired) electrons. The number of para-hydroxylation sites is 1. The third-order valence-corrected chi connectivity index (χ3v) is 4.81. The predicted octanol–water partition coefficient (Wildman–Crippen LogP) is 5.56. The number of amides is 1. The standard InChI is InChI=1S/C23H19ClN4O2/c1-15-6-2-3-7-18(15)22-27-21(30-28-22)14-25-20-9-5-4-8-19(20)23(29)26-17-12-10-16(24)11-13-17/h2-13,25H,14H2,1H3,(H,26,29). The largest absolute Gasteiger partial charge is 0.375 e. The topological polar surface area (TPSA) is 80.0 Å². The van der Waals surface area contributed by atoms with E-state index in [1.54, 1.807) is 30.3 Å². The molecule has 3 aromatic carbocycles. The van der Waals surface area contributed by atoms with E-state index in [0.29, 0.717) is 40.2 Å². The van der Waals surface area contributed by atoms with E-state index in [1.807, 2.05) is 49.4 Å². The van der Waals surface area contributed by atoms with Crippen LogP contribution in [0.1, 0.15) is 21.8 Å². The molecule has 7 heteroatoms. The second-order valence-corrected chi connectivity index (χ2v) is 7.12. The lowest BCUT2D eigenvalue weighted by atomic mass is 10.1. The fourth-order valence-corrected chi connectivity index (χ4v) is 3.12. The first-order valence-corrected chi connectivity index (χ1v) is 9.76. The number of carbonyl (C=O) groups is 1. The number of carbonyl (C=O) groups excluding carboxylic acids is 1. The summed E-state index contributed by atoms with van der Waals surface area (Å²) in [6.45, 7) is 2.29. The van der Waals surface area contributed by atoms with Gasteiger partial charge in [-0.1, -0.05) is 53.2 Å². The van der Waals surface area contributed by atoms with Gasteiger partial charge in [0.15, 0.2) is 0 Å². The third kappa shape index (κ3) is 4.50. The van der Waals surface area contributed by atoms with Gasteiger partial charge >= 0.3 is 0 Å². The molecule has 1 heterocycles. The molecule has 0 aliphatic heterocycles. The normalized spacial score (nSPS) is 10.6. The van der Waals surface area contributed by atoms with Crippen LogP contribution in [0.15, 0.2) is 77.3 Å². The zero-order valence-electron chi connectivity index (χ0n) is 16.2. The smallest absolute Gasteiger partial charge is 0.257 e. The molecule has 1 amide bonds. The van der Waals surface area contributed by atoms with Gasteiger partial charge in [0.05, 0.1) is 12.1 Å². The lowest BCUT2D eigenvalue weighted by Gasteiger charge is -2.11. The van der Waals surface area contributed by atoms with Crippen LogP contribution >= 0.6 is 11.6 Å². The molecule has 4 aromatic rings. The zero-order valence-corrected chi connectivity index (χ0v) is 17.0. The van der Waals surface area contributed by atoms with Crippen LogP contribution in [0.4, 0.5) is 11.4 Å². The number of hydrogen-bond acceptors (Lipinski definition) is 5. The van der Waals surface area contributed by atoms with Crippen LogP contribution in [0.25, 0.3) is 11.4 Å². The molecule has 30 heavy (non-hydrogen) atoms. The Balaban J connectivity index is 1.46. The van der Waals surface area contributed by atoms with Crippen LogP contribution in [0.3, 0.4) is 0 Å². The van der Waals surface area contributed by atoms with Gasteiger partial charge in [0.2, 0.25) is 11.7 Å². The van der Waals surface area contributed by atoms with E-state index in [-0.39, 0.29) is 5.91 Å². The van der Waals surface area contributed by atoms with Gasteiger partial charge in [-0.2, -0.15) is 4.98 Å². The molecule has 4 rings (SSSR count). The number of anilines is 2. The molecule has 0 fully saturated rings. The lowest BCUT2D eigenvalue weighted by Crippen LogP contribution is -2.14. The van der Waals surface area contributed by atoms with Crippen LogP contribution in [-0.4, -0.2) is 16.0 Å². The van der Waals surface area contributed by atoms with E-state index < -0.39 is 0 Å². The van der Waals surface area contributed by atoms with Gasteiger partial charge in [-0.25, -0.2) is 0 Å². The number of benzene rings is 3. The van der Waals surface area contributed by atoms with Gasteiger partial charge < -0.3 is 15.2 Å². The molecule has 0 saturated carbocycles. The minimum absolute atomic E-state index is 0.230. The number of rotatable bonds is 6. The zero-order chi connectivity index (χ0) is 20.9. The van der Waals surface area contributed by atoms with Gasteiger partial charge in [-0.05, 0) is 48.9 Å². The molecule has 0 unspecified atom stereocenters. The third-order valence-electron chi connectivity index (χ3n) is 4.56. The predicted molar refractivity (Wildman–Crippen MR) is 118 cm³/mol. The van der Waals surface area contributed by atoms with Crippen molar-refractivity contribution < 1.29 is 9.32 Å². The Hall–Kier alpha value is -3.64. The molecule has 0 atom stereocenters. The number of aromatic nitrogens is 2. The SMILES string of the molecule is Cc1ccccc1-c1noc(CNc2ccccc2C(=O)Nc2ccc(Cl)cc2)n1. The Labute approximate surface area is 178 Å². The molecular weight excluding hydrogens is 400 g/mol. The van der Waals surface area contributed by atoms with Crippen LogP contribution < -0.4 is 10.6 Å². The molecule has 0 saturated heterocycles. The van der Waals surface area contributed by atoms with Gasteiger partial charge in [0.1, 0.15) is 0 Å². The summed E-state index contributed by atoms with van der Waals surface area (Å²) in [4.78, 5) is 17.2. The summed E-state index contributed by atoms with van der Waals surface area (Å²) in [6, 6.07) is 22.1. The van der Waals surface area contributed by atoms with Crippen LogP contribution in [0.5, 0.6) is 0 Å². The summed E-state index contributed by atoms with van der Waals surface area (Å²) in [5, 5.41) is 10.7. The fourth-order valence-electron chi connectivity index (χ4n) is 3.00. The number of halogens is 1. The molecule has 0 bridgehead atoms. The van der Waals surface area contributed by atoms with E-state index in [2.05, 4.69) is 20.8 Å². The molecule has 0 spiro atoms. The maximum absolute atomic E-state index is 12.7. The van der Waals surface area contributed by atoms with E-state index in [4.69, 9.17) is 16.1 Å². The Bertz CT molecular complexity index is 1170. The summed E-state index contributed by atoms with van der Waals surface area (Å²) in [6.07, 6.45) is 0. The fraction of sp³-hybridized carbons (Fsp3) is 0.0870. The first kappa shape index (κ1) is 19.7. The van der Waals surface area contributed by atoms with Crippen molar-refractivity contribution in [3.8, 4) is 11.4 Å². The Kier molecular flexibility index (Phi) is 5.77. The van der Waals surface area contributed by atoms with Crippen molar-refractivity contribution >= 4 is 28.9 Å². The van der Waals surface area contributed by atoms with Crippen molar-refractivity contribution in [1.82, 2.24) is 10.1 Å². The maximum atomic E-state index is 12.7. The minimum atomic E-state index is -0.230. The highest BCUT2D eigenvalue weighted by Gasteiger charge is 2.14. The van der Waals surface area contributed by atoms with Crippen molar-refractivity contribution in [2.75, 3.05) is 10.6 Å². The number of nitrogens with zero attached hydrogens (tertiary/aromatic N) is 2. The van der Waals surface area contributed by atoms with Gasteiger partial charge in [0.25, 0.3) is 5.91 Å². The minimum Gasteiger partial charge on any atom is -0.375 e. The van der Waals surface area contributed by atoms with Crippen LogP contribution in [0.2, 0.25) is 5.02 Å². The lowest BCUT2D eigenvalue weighted by molar-refractivity contribution is 0.102. The molecule has 0 aliphatic carbocycles. The maximum Gasteiger partial charge on any atom is 0.257 e. The highest BCUT2D eigenvalue weighted by atomic mass is 35.5. The summed E-state index contributed by atoms with van der Waals surface area (Å²) in [5.74, 6) is 0.742. The van der Waals surface area contributed by atoms with Gasteiger partial charge in [0, 0.05) is 22.0 Å². The molecule has 6 nitrogen and oxygen atoms in total. The Morgan fingerprint density at radius 3 is 2.53 bits per heavy atom.